The lowest BCUT2D eigenvalue weighted by molar-refractivity contribution is -0.131. The highest BCUT2D eigenvalue weighted by Crippen LogP contribution is 2.23. The Morgan fingerprint density at radius 2 is 2.39 bits per heavy atom. The summed E-state index contributed by atoms with van der Waals surface area (Å²) in [6.45, 7) is 6.14. The van der Waals surface area contributed by atoms with E-state index in [9.17, 15) is 4.79 Å². The second-order valence-electron chi connectivity index (χ2n) is 5.61. The van der Waals surface area contributed by atoms with Crippen molar-refractivity contribution in [3.05, 3.63) is 64.1 Å². The third-order valence-electron chi connectivity index (χ3n) is 4.01. The van der Waals surface area contributed by atoms with E-state index in [-0.39, 0.29) is 5.91 Å². The van der Waals surface area contributed by atoms with Crippen molar-refractivity contribution in [2.45, 2.75) is 26.0 Å². The summed E-state index contributed by atoms with van der Waals surface area (Å²) in [5.74, 6) is 0.183. The standard InChI is InChI=1S/C18H20N2O2S/c1-2-6-22-12-16-10-19-9-15-11-20(5-3-17(15)16)18(21)8-14-4-7-23-13-14/h2,4,7,9-10,13H,1,3,5-6,8,11-12H2. The molecule has 0 unspecified atom stereocenters. The molecule has 0 aliphatic carbocycles. The summed E-state index contributed by atoms with van der Waals surface area (Å²) in [4.78, 5) is 18.7. The van der Waals surface area contributed by atoms with E-state index in [2.05, 4.69) is 11.6 Å². The summed E-state index contributed by atoms with van der Waals surface area (Å²) in [5, 5.41) is 4.04. The predicted molar refractivity (Wildman–Crippen MR) is 91.2 cm³/mol. The van der Waals surface area contributed by atoms with Crippen LogP contribution in [-0.4, -0.2) is 28.9 Å². The first-order chi connectivity index (χ1) is 11.3. The molecule has 0 N–H and O–H groups in total. The van der Waals surface area contributed by atoms with Gasteiger partial charge in [0.1, 0.15) is 0 Å². The van der Waals surface area contributed by atoms with E-state index >= 15 is 0 Å². The predicted octanol–water partition coefficient (Wildman–Crippen LogP) is 2.97. The minimum atomic E-state index is 0.183. The quantitative estimate of drug-likeness (QED) is 0.605. The minimum absolute atomic E-state index is 0.183. The van der Waals surface area contributed by atoms with E-state index in [1.54, 1.807) is 17.4 Å². The molecule has 0 radical (unpaired) electrons. The third-order valence-corrected chi connectivity index (χ3v) is 4.74. The van der Waals surface area contributed by atoms with Gasteiger partial charge >= 0.3 is 0 Å². The van der Waals surface area contributed by atoms with Crippen LogP contribution in [0.5, 0.6) is 0 Å². The van der Waals surface area contributed by atoms with Gasteiger partial charge in [-0.05, 0) is 45.5 Å². The molecule has 3 heterocycles. The van der Waals surface area contributed by atoms with Gasteiger partial charge in [-0.1, -0.05) is 6.08 Å². The van der Waals surface area contributed by atoms with Gasteiger partial charge < -0.3 is 9.64 Å². The van der Waals surface area contributed by atoms with Crippen molar-refractivity contribution in [2.75, 3.05) is 13.2 Å². The van der Waals surface area contributed by atoms with Crippen LogP contribution in [0.3, 0.4) is 0 Å². The number of ether oxygens (including phenoxy) is 1. The molecular formula is C18H20N2O2S. The molecule has 1 aliphatic rings. The van der Waals surface area contributed by atoms with Crippen molar-refractivity contribution in [2.24, 2.45) is 0 Å². The Morgan fingerprint density at radius 1 is 1.48 bits per heavy atom. The van der Waals surface area contributed by atoms with Gasteiger partial charge in [0.15, 0.2) is 0 Å². The maximum absolute atomic E-state index is 12.4. The van der Waals surface area contributed by atoms with Crippen molar-refractivity contribution >= 4 is 17.2 Å². The molecule has 0 aromatic carbocycles. The molecule has 3 rings (SSSR count). The number of thiophene rings is 1. The number of fused-ring (bicyclic) bond motifs is 1. The Bertz CT molecular complexity index is 682. The number of hydrogen-bond donors (Lipinski definition) is 0. The molecule has 2 aromatic heterocycles. The molecule has 2 aromatic rings. The summed E-state index contributed by atoms with van der Waals surface area (Å²) in [7, 11) is 0. The van der Waals surface area contributed by atoms with Crippen LogP contribution in [0.2, 0.25) is 0 Å². The summed E-state index contributed by atoms with van der Waals surface area (Å²) in [6, 6.07) is 2.01. The second kappa shape index (κ2) is 7.53. The average molecular weight is 328 g/mol. The van der Waals surface area contributed by atoms with Gasteiger partial charge in [0.25, 0.3) is 0 Å². The van der Waals surface area contributed by atoms with Crippen LogP contribution in [0.15, 0.2) is 41.9 Å². The topological polar surface area (TPSA) is 42.4 Å². The maximum Gasteiger partial charge on any atom is 0.227 e. The van der Waals surface area contributed by atoms with Crippen LogP contribution in [0, 0.1) is 0 Å². The van der Waals surface area contributed by atoms with Crippen LogP contribution in [0.4, 0.5) is 0 Å². The fraction of sp³-hybridized carbons (Fsp3) is 0.333. The van der Waals surface area contributed by atoms with Crippen LogP contribution in [-0.2, 0) is 35.5 Å². The van der Waals surface area contributed by atoms with Gasteiger partial charge in [-0.3, -0.25) is 9.78 Å². The molecule has 1 amide bonds. The SMILES string of the molecule is C=CCOCc1cncc2c1CCN(C(=O)Cc1ccsc1)C2. The van der Waals surface area contributed by atoms with Gasteiger partial charge in [-0.2, -0.15) is 11.3 Å². The largest absolute Gasteiger partial charge is 0.373 e. The zero-order valence-electron chi connectivity index (χ0n) is 13.0. The Balaban J connectivity index is 1.67. The lowest BCUT2D eigenvalue weighted by Gasteiger charge is -2.30. The number of pyridine rings is 1. The van der Waals surface area contributed by atoms with Crippen LogP contribution >= 0.6 is 11.3 Å². The summed E-state index contributed by atoms with van der Waals surface area (Å²) in [5.41, 5.74) is 4.63. The first kappa shape index (κ1) is 15.9. The molecule has 120 valence electrons. The molecule has 4 nitrogen and oxygen atoms in total. The number of nitrogens with zero attached hydrogens (tertiary/aromatic N) is 2. The molecule has 1 aliphatic heterocycles. The van der Waals surface area contributed by atoms with Crippen molar-refractivity contribution in [3.8, 4) is 0 Å². The maximum atomic E-state index is 12.4. The smallest absolute Gasteiger partial charge is 0.227 e. The monoisotopic (exact) mass is 328 g/mol. The molecule has 0 spiro atoms. The number of carbonyl (C=O) groups is 1. The molecular weight excluding hydrogens is 308 g/mol. The average Bonchev–Trinajstić information content (AvgIpc) is 3.07. The number of carbonyl (C=O) groups excluding carboxylic acids is 1. The normalized spacial score (nSPS) is 13.7. The molecule has 5 heteroatoms. The van der Waals surface area contributed by atoms with Gasteiger partial charge in [-0.25, -0.2) is 0 Å². The summed E-state index contributed by atoms with van der Waals surface area (Å²) < 4.78 is 5.54. The zero-order valence-corrected chi connectivity index (χ0v) is 13.8. The lowest BCUT2D eigenvalue weighted by Crippen LogP contribution is -2.37. The van der Waals surface area contributed by atoms with Gasteiger partial charge in [0, 0.05) is 25.5 Å². The third kappa shape index (κ3) is 3.86. The van der Waals surface area contributed by atoms with E-state index in [0.717, 1.165) is 29.7 Å². The van der Waals surface area contributed by atoms with Crippen LogP contribution in [0.1, 0.15) is 22.3 Å². The molecule has 0 bridgehead atoms. The van der Waals surface area contributed by atoms with Crippen molar-refractivity contribution < 1.29 is 9.53 Å². The number of rotatable bonds is 6. The van der Waals surface area contributed by atoms with Crippen LogP contribution in [0.25, 0.3) is 0 Å². The molecule has 0 atom stereocenters. The molecule has 0 fully saturated rings. The van der Waals surface area contributed by atoms with E-state index in [1.807, 2.05) is 34.1 Å². The fourth-order valence-corrected chi connectivity index (χ4v) is 3.51. The van der Waals surface area contributed by atoms with Gasteiger partial charge in [0.2, 0.25) is 5.91 Å². The van der Waals surface area contributed by atoms with E-state index in [0.29, 0.717) is 26.2 Å². The minimum Gasteiger partial charge on any atom is -0.373 e. The van der Waals surface area contributed by atoms with Crippen LogP contribution < -0.4 is 0 Å². The highest BCUT2D eigenvalue weighted by Gasteiger charge is 2.22. The first-order valence-corrected chi connectivity index (χ1v) is 8.64. The van der Waals surface area contributed by atoms with Gasteiger partial charge in [-0.15, -0.1) is 6.58 Å². The highest BCUT2D eigenvalue weighted by molar-refractivity contribution is 7.07. The Hall–Kier alpha value is -1.98. The van der Waals surface area contributed by atoms with Crippen molar-refractivity contribution in [1.29, 1.82) is 0 Å². The van der Waals surface area contributed by atoms with Crippen molar-refractivity contribution in [3.63, 3.8) is 0 Å². The van der Waals surface area contributed by atoms with E-state index < -0.39 is 0 Å². The summed E-state index contributed by atoms with van der Waals surface area (Å²) in [6.07, 6.45) is 6.82. The Morgan fingerprint density at radius 3 is 3.17 bits per heavy atom. The Kier molecular flexibility index (Phi) is 5.20. The van der Waals surface area contributed by atoms with Gasteiger partial charge in [0.05, 0.1) is 19.6 Å². The molecule has 0 saturated heterocycles. The zero-order chi connectivity index (χ0) is 16.1. The van der Waals surface area contributed by atoms with Crippen molar-refractivity contribution in [1.82, 2.24) is 9.88 Å². The summed E-state index contributed by atoms with van der Waals surface area (Å²) >= 11 is 1.63. The highest BCUT2D eigenvalue weighted by atomic mass is 32.1. The van der Waals surface area contributed by atoms with E-state index in [4.69, 9.17) is 4.74 Å². The first-order valence-electron chi connectivity index (χ1n) is 7.70. The lowest BCUT2D eigenvalue weighted by atomic mass is 9.97. The fourth-order valence-electron chi connectivity index (χ4n) is 2.84. The Labute approximate surface area is 140 Å². The number of amides is 1. The number of hydrogen-bond acceptors (Lipinski definition) is 4. The molecule has 0 saturated carbocycles. The molecule has 23 heavy (non-hydrogen) atoms. The second-order valence-corrected chi connectivity index (χ2v) is 6.39. The number of aromatic nitrogens is 1. The van der Waals surface area contributed by atoms with E-state index in [1.165, 1.54) is 5.56 Å².